The first-order valence-corrected chi connectivity index (χ1v) is 8.09. The number of carboxylic acids is 1. The molecule has 0 spiro atoms. The molecule has 1 heterocycles. The fourth-order valence-electron chi connectivity index (χ4n) is 2.85. The number of aryl methyl sites for hydroxylation is 1. The van der Waals surface area contributed by atoms with Gasteiger partial charge in [0.15, 0.2) is 18.1 Å². The predicted octanol–water partition coefficient (Wildman–Crippen LogP) is 3.25. The van der Waals surface area contributed by atoms with E-state index in [-0.39, 0.29) is 5.43 Å². The Balaban J connectivity index is 2.11. The molecule has 1 N–H and O–H groups in total. The number of methoxy groups -OCH3 is 2. The molecule has 0 aliphatic rings. The van der Waals surface area contributed by atoms with E-state index in [4.69, 9.17) is 23.7 Å². The molecule has 3 rings (SSSR count). The van der Waals surface area contributed by atoms with E-state index in [1.165, 1.54) is 26.4 Å². The number of fused-ring (bicyclic) bond motifs is 1. The molecule has 0 radical (unpaired) electrons. The summed E-state index contributed by atoms with van der Waals surface area (Å²) >= 11 is 0. The fraction of sp³-hybridized carbons (Fsp3) is 0.200. The summed E-state index contributed by atoms with van der Waals surface area (Å²) in [5, 5.41) is 9.07. The minimum Gasteiger partial charge on any atom is -0.493 e. The standard InChI is InChI=1S/C20H18O7/c1-11-19(12-4-7-15(24-2)17(8-12)25-3)20(23)14-6-5-13(9-16(14)27-11)26-10-18(21)22/h4-9H,10H2,1-3H3,(H,21,22). The van der Waals surface area contributed by atoms with Crippen molar-refractivity contribution < 1.29 is 28.5 Å². The number of aliphatic carboxylic acids is 1. The van der Waals surface area contributed by atoms with Crippen molar-refractivity contribution in [3.8, 4) is 28.4 Å². The summed E-state index contributed by atoms with van der Waals surface area (Å²) in [6.07, 6.45) is 0. The molecule has 7 heteroatoms. The van der Waals surface area contributed by atoms with E-state index >= 15 is 0 Å². The van der Waals surface area contributed by atoms with E-state index < -0.39 is 12.6 Å². The predicted molar refractivity (Wildman–Crippen MR) is 98.9 cm³/mol. The number of carboxylic acid groups (broad SMARTS) is 1. The number of ether oxygens (including phenoxy) is 3. The van der Waals surface area contributed by atoms with Crippen LogP contribution < -0.4 is 19.6 Å². The van der Waals surface area contributed by atoms with Crippen LogP contribution in [0.1, 0.15) is 5.76 Å². The van der Waals surface area contributed by atoms with Gasteiger partial charge in [0, 0.05) is 6.07 Å². The second kappa shape index (κ2) is 7.41. The van der Waals surface area contributed by atoms with Crippen LogP contribution in [-0.4, -0.2) is 31.9 Å². The minimum absolute atomic E-state index is 0.203. The summed E-state index contributed by atoms with van der Waals surface area (Å²) in [7, 11) is 3.06. The summed E-state index contributed by atoms with van der Waals surface area (Å²) in [6.45, 7) is 1.22. The van der Waals surface area contributed by atoms with Gasteiger partial charge in [0.05, 0.1) is 25.2 Å². The maximum Gasteiger partial charge on any atom is 0.341 e. The molecule has 2 aromatic carbocycles. The SMILES string of the molecule is COc1ccc(-c2c(C)oc3cc(OCC(=O)O)ccc3c2=O)cc1OC. The Morgan fingerprint density at radius 3 is 2.48 bits per heavy atom. The van der Waals surface area contributed by atoms with Gasteiger partial charge in [-0.15, -0.1) is 0 Å². The van der Waals surface area contributed by atoms with Crippen molar-refractivity contribution in [2.75, 3.05) is 20.8 Å². The Morgan fingerprint density at radius 2 is 1.81 bits per heavy atom. The molecule has 1 aromatic heterocycles. The third-order valence-corrected chi connectivity index (χ3v) is 4.07. The molecule has 0 saturated carbocycles. The van der Waals surface area contributed by atoms with Crippen LogP contribution in [0.15, 0.2) is 45.6 Å². The van der Waals surface area contributed by atoms with E-state index in [1.54, 1.807) is 31.2 Å². The molecule has 140 valence electrons. The Labute approximate surface area is 154 Å². The average Bonchev–Trinajstić information content (AvgIpc) is 2.65. The average molecular weight is 370 g/mol. The topological polar surface area (TPSA) is 95.2 Å². The molecule has 0 aliphatic heterocycles. The smallest absolute Gasteiger partial charge is 0.341 e. The van der Waals surface area contributed by atoms with Crippen LogP contribution in [0.2, 0.25) is 0 Å². The van der Waals surface area contributed by atoms with Crippen LogP contribution in [0, 0.1) is 6.92 Å². The maximum absolute atomic E-state index is 13.0. The molecule has 0 saturated heterocycles. The number of carbonyl (C=O) groups is 1. The maximum atomic E-state index is 13.0. The van der Waals surface area contributed by atoms with Gasteiger partial charge in [0.25, 0.3) is 0 Å². The van der Waals surface area contributed by atoms with Crippen molar-refractivity contribution >= 4 is 16.9 Å². The zero-order valence-corrected chi connectivity index (χ0v) is 15.1. The highest BCUT2D eigenvalue weighted by atomic mass is 16.5. The van der Waals surface area contributed by atoms with Crippen molar-refractivity contribution in [3.63, 3.8) is 0 Å². The molecule has 7 nitrogen and oxygen atoms in total. The van der Waals surface area contributed by atoms with Crippen molar-refractivity contribution in [3.05, 3.63) is 52.4 Å². The Bertz CT molecular complexity index is 1070. The monoisotopic (exact) mass is 370 g/mol. The lowest BCUT2D eigenvalue weighted by Crippen LogP contribution is -2.10. The Kier molecular flexibility index (Phi) is 5.03. The number of hydrogen-bond acceptors (Lipinski definition) is 6. The first-order chi connectivity index (χ1) is 12.9. The lowest BCUT2D eigenvalue weighted by molar-refractivity contribution is -0.139. The molecule has 0 atom stereocenters. The van der Waals surface area contributed by atoms with E-state index in [1.807, 2.05) is 0 Å². The molecule has 0 aliphatic carbocycles. The zero-order chi connectivity index (χ0) is 19.6. The lowest BCUT2D eigenvalue weighted by atomic mass is 10.0. The van der Waals surface area contributed by atoms with Crippen LogP contribution >= 0.6 is 0 Å². The van der Waals surface area contributed by atoms with E-state index in [9.17, 15) is 9.59 Å². The molecule has 0 amide bonds. The molecule has 0 unspecified atom stereocenters. The van der Waals surface area contributed by atoms with Gasteiger partial charge in [-0.2, -0.15) is 0 Å². The molecule has 27 heavy (non-hydrogen) atoms. The third kappa shape index (κ3) is 3.57. The van der Waals surface area contributed by atoms with E-state index in [2.05, 4.69) is 0 Å². The van der Waals surface area contributed by atoms with Gasteiger partial charge in [0.2, 0.25) is 5.43 Å². The summed E-state index contributed by atoms with van der Waals surface area (Å²) < 4.78 is 21.5. The van der Waals surface area contributed by atoms with Crippen molar-refractivity contribution in [2.24, 2.45) is 0 Å². The van der Waals surface area contributed by atoms with Crippen LogP contribution in [-0.2, 0) is 4.79 Å². The van der Waals surface area contributed by atoms with E-state index in [0.717, 1.165) is 0 Å². The van der Waals surface area contributed by atoms with Gasteiger partial charge in [-0.1, -0.05) is 6.07 Å². The zero-order valence-electron chi connectivity index (χ0n) is 15.1. The second-order valence-electron chi connectivity index (χ2n) is 5.77. The van der Waals surface area contributed by atoms with Crippen LogP contribution in [0.3, 0.4) is 0 Å². The molecular weight excluding hydrogens is 352 g/mol. The first kappa shape index (κ1) is 18.3. The first-order valence-electron chi connectivity index (χ1n) is 8.09. The molecule has 0 fully saturated rings. The van der Waals surface area contributed by atoms with Gasteiger partial charge in [-0.25, -0.2) is 4.79 Å². The highest BCUT2D eigenvalue weighted by Crippen LogP contribution is 2.33. The third-order valence-electron chi connectivity index (χ3n) is 4.07. The van der Waals surface area contributed by atoms with Crippen LogP contribution in [0.5, 0.6) is 17.2 Å². The van der Waals surface area contributed by atoms with Crippen LogP contribution in [0.4, 0.5) is 0 Å². The molecular formula is C20H18O7. The summed E-state index contributed by atoms with van der Waals surface area (Å²) in [6, 6.07) is 9.80. The number of rotatable bonds is 6. The van der Waals surface area contributed by atoms with E-state index in [0.29, 0.717) is 45.1 Å². The normalized spacial score (nSPS) is 10.6. The highest BCUT2D eigenvalue weighted by molar-refractivity contribution is 5.84. The Hall–Kier alpha value is -3.48. The molecule has 0 bridgehead atoms. The number of hydrogen-bond donors (Lipinski definition) is 1. The van der Waals surface area contributed by atoms with Gasteiger partial charge in [0.1, 0.15) is 17.1 Å². The van der Waals surface area contributed by atoms with Crippen molar-refractivity contribution in [1.29, 1.82) is 0 Å². The summed E-state index contributed by atoms with van der Waals surface area (Å²) in [5.41, 5.74) is 1.19. The largest absolute Gasteiger partial charge is 0.493 e. The quantitative estimate of drug-likeness (QED) is 0.711. The Morgan fingerprint density at radius 1 is 1.07 bits per heavy atom. The van der Waals surface area contributed by atoms with Gasteiger partial charge in [-0.3, -0.25) is 4.79 Å². The van der Waals surface area contributed by atoms with Gasteiger partial charge < -0.3 is 23.7 Å². The van der Waals surface area contributed by atoms with Crippen molar-refractivity contribution in [1.82, 2.24) is 0 Å². The van der Waals surface area contributed by atoms with Crippen LogP contribution in [0.25, 0.3) is 22.1 Å². The van der Waals surface area contributed by atoms with Gasteiger partial charge >= 0.3 is 5.97 Å². The molecule has 3 aromatic rings. The second-order valence-corrected chi connectivity index (χ2v) is 5.77. The summed E-state index contributed by atoms with van der Waals surface area (Å²) in [5.74, 6) is 0.716. The number of benzene rings is 2. The van der Waals surface area contributed by atoms with Crippen molar-refractivity contribution in [2.45, 2.75) is 6.92 Å². The van der Waals surface area contributed by atoms with Gasteiger partial charge in [-0.05, 0) is 36.8 Å². The lowest BCUT2D eigenvalue weighted by Gasteiger charge is -2.12. The highest BCUT2D eigenvalue weighted by Gasteiger charge is 2.16. The minimum atomic E-state index is -1.09. The fourth-order valence-corrected chi connectivity index (χ4v) is 2.85. The summed E-state index contributed by atoms with van der Waals surface area (Å²) in [4.78, 5) is 23.6.